The summed E-state index contributed by atoms with van der Waals surface area (Å²) in [6.07, 6.45) is -4.88. The van der Waals surface area contributed by atoms with Gasteiger partial charge < -0.3 is 10.0 Å². The monoisotopic (exact) mass is 366 g/mol. The van der Waals surface area contributed by atoms with Gasteiger partial charge in [-0.3, -0.25) is 9.69 Å². The van der Waals surface area contributed by atoms with Gasteiger partial charge in [-0.25, -0.2) is 0 Å². The number of aliphatic carboxylic acids is 1. The molecule has 24 heavy (non-hydrogen) atoms. The van der Waals surface area contributed by atoms with Crippen molar-refractivity contribution >= 4 is 18.4 Å². The molecule has 1 aliphatic heterocycles. The van der Waals surface area contributed by atoms with E-state index in [-0.39, 0.29) is 30.1 Å². The standard InChI is InChI=1S/C16H21F3N2O2.ClH/c1-2-20-5-7-21(8-6-20)11-13-4-3-12(10-15(22)23)9-14(13)16(17,18)19;/h3-4,9H,2,5-8,10-11H2,1H3,(H,22,23);1H. The molecule has 8 heteroatoms. The molecule has 0 radical (unpaired) electrons. The summed E-state index contributed by atoms with van der Waals surface area (Å²) in [5.74, 6) is -1.14. The van der Waals surface area contributed by atoms with Crippen LogP contribution in [0.1, 0.15) is 23.6 Å². The molecule has 1 heterocycles. The smallest absolute Gasteiger partial charge is 0.416 e. The van der Waals surface area contributed by atoms with Crippen LogP contribution in [0.15, 0.2) is 18.2 Å². The maximum atomic E-state index is 13.3. The molecule has 1 fully saturated rings. The number of carboxylic acids is 1. The molecule has 0 amide bonds. The molecule has 2 rings (SSSR count). The predicted octanol–water partition coefficient (Wildman–Crippen LogP) is 2.89. The van der Waals surface area contributed by atoms with Crippen LogP contribution in [0.3, 0.4) is 0 Å². The predicted molar refractivity (Wildman–Crippen MR) is 87.4 cm³/mol. The Kier molecular flexibility index (Phi) is 7.51. The first-order chi connectivity index (χ1) is 10.8. The van der Waals surface area contributed by atoms with Crippen molar-refractivity contribution in [2.45, 2.75) is 26.1 Å². The molecule has 0 aromatic heterocycles. The lowest BCUT2D eigenvalue weighted by Gasteiger charge is -2.34. The number of carboxylic acid groups (broad SMARTS) is 1. The molecule has 0 unspecified atom stereocenters. The molecule has 4 nitrogen and oxygen atoms in total. The zero-order valence-electron chi connectivity index (χ0n) is 13.5. The molecule has 1 N–H and O–H groups in total. The van der Waals surface area contributed by atoms with Gasteiger partial charge in [0.15, 0.2) is 0 Å². The third-order valence-corrected chi connectivity index (χ3v) is 4.14. The maximum absolute atomic E-state index is 13.3. The van der Waals surface area contributed by atoms with Gasteiger partial charge in [-0.1, -0.05) is 19.1 Å². The van der Waals surface area contributed by atoms with E-state index in [2.05, 4.69) is 11.8 Å². The first kappa shape index (κ1) is 20.7. The zero-order valence-corrected chi connectivity index (χ0v) is 14.3. The zero-order chi connectivity index (χ0) is 17.0. The summed E-state index contributed by atoms with van der Waals surface area (Å²) in [5.41, 5.74) is -0.352. The van der Waals surface area contributed by atoms with E-state index in [1.807, 2.05) is 4.90 Å². The summed E-state index contributed by atoms with van der Waals surface area (Å²) in [5, 5.41) is 8.75. The van der Waals surface area contributed by atoms with Crippen LogP contribution in [0, 0.1) is 0 Å². The van der Waals surface area contributed by atoms with Crippen LogP contribution >= 0.6 is 12.4 Å². The van der Waals surface area contributed by atoms with Crippen LogP contribution in [0.25, 0.3) is 0 Å². The fourth-order valence-electron chi connectivity index (χ4n) is 2.81. The summed E-state index contributed by atoms with van der Waals surface area (Å²) in [7, 11) is 0. The van der Waals surface area contributed by atoms with Gasteiger partial charge >= 0.3 is 12.1 Å². The maximum Gasteiger partial charge on any atom is 0.416 e. The number of likely N-dealkylation sites (N-methyl/N-ethyl adjacent to an activating group) is 1. The first-order valence-corrected chi connectivity index (χ1v) is 7.65. The highest BCUT2D eigenvalue weighted by Gasteiger charge is 2.34. The number of rotatable bonds is 5. The van der Waals surface area contributed by atoms with Gasteiger partial charge in [-0.15, -0.1) is 12.4 Å². The second kappa shape index (κ2) is 8.69. The van der Waals surface area contributed by atoms with Crippen molar-refractivity contribution in [1.82, 2.24) is 9.80 Å². The van der Waals surface area contributed by atoms with E-state index in [1.165, 1.54) is 12.1 Å². The van der Waals surface area contributed by atoms with E-state index in [9.17, 15) is 18.0 Å². The second-order valence-corrected chi connectivity index (χ2v) is 5.77. The third kappa shape index (κ3) is 5.65. The van der Waals surface area contributed by atoms with Crippen LogP contribution < -0.4 is 0 Å². The van der Waals surface area contributed by atoms with E-state index in [4.69, 9.17) is 5.11 Å². The van der Waals surface area contributed by atoms with Gasteiger partial charge in [0.2, 0.25) is 0 Å². The Hall–Kier alpha value is -1.31. The molecule has 1 aromatic carbocycles. The Morgan fingerprint density at radius 2 is 1.75 bits per heavy atom. The minimum atomic E-state index is -4.48. The Morgan fingerprint density at radius 1 is 1.17 bits per heavy atom. The van der Waals surface area contributed by atoms with E-state index >= 15 is 0 Å². The minimum Gasteiger partial charge on any atom is -0.481 e. The lowest BCUT2D eigenvalue weighted by molar-refractivity contribution is -0.139. The van der Waals surface area contributed by atoms with Gasteiger partial charge in [0.1, 0.15) is 0 Å². The van der Waals surface area contributed by atoms with E-state index in [0.717, 1.165) is 38.8 Å². The van der Waals surface area contributed by atoms with Crippen molar-refractivity contribution < 1.29 is 23.1 Å². The quantitative estimate of drug-likeness (QED) is 0.870. The van der Waals surface area contributed by atoms with Gasteiger partial charge in [0.05, 0.1) is 12.0 Å². The molecule has 0 atom stereocenters. The van der Waals surface area contributed by atoms with Crippen molar-refractivity contribution in [2.75, 3.05) is 32.7 Å². The van der Waals surface area contributed by atoms with Crippen molar-refractivity contribution in [3.05, 3.63) is 34.9 Å². The van der Waals surface area contributed by atoms with Crippen LogP contribution in [0.5, 0.6) is 0 Å². The summed E-state index contributed by atoms with van der Waals surface area (Å²) >= 11 is 0. The molecular formula is C16H22ClF3N2O2. The third-order valence-electron chi connectivity index (χ3n) is 4.14. The van der Waals surface area contributed by atoms with Crippen LogP contribution in [0.4, 0.5) is 13.2 Å². The molecule has 0 aliphatic carbocycles. The highest BCUT2D eigenvalue weighted by Crippen LogP contribution is 2.33. The highest BCUT2D eigenvalue weighted by molar-refractivity contribution is 5.85. The fraction of sp³-hybridized carbons (Fsp3) is 0.562. The molecule has 0 spiro atoms. The molecule has 0 saturated carbocycles. The Morgan fingerprint density at radius 3 is 2.25 bits per heavy atom. The van der Waals surface area contributed by atoms with E-state index in [1.54, 1.807) is 0 Å². The van der Waals surface area contributed by atoms with Crippen molar-refractivity contribution in [3.63, 3.8) is 0 Å². The molecule has 1 aromatic rings. The summed E-state index contributed by atoms with van der Waals surface area (Å²) in [4.78, 5) is 15.0. The average molecular weight is 367 g/mol. The number of hydrogen-bond donors (Lipinski definition) is 1. The van der Waals surface area contributed by atoms with Crippen LogP contribution in [0.2, 0.25) is 0 Å². The molecule has 1 saturated heterocycles. The molecular weight excluding hydrogens is 345 g/mol. The van der Waals surface area contributed by atoms with E-state index < -0.39 is 24.1 Å². The number of hydrogen-bond acceptors (Lipinski definition) is 3. The normalized spacial score (nSPS) is 16.7. The number of halogens is 4. The Labute approximate surface area is 145 Å². The molecule has 1 aliphatic rings. The first-order valence-electron chi connectivity index (χ1n) is 7.65. The highest BCUT2D eigenvalue weighted by atomic mass is 35.5. The molecule has 136 valence electrons. The number of carbonyl (C=O) groups is 1. The minimum absolute atomic E-state index is 0. The van der Waals surface area contributed by atoms with Gasteiger partial charge in [0, 0.05) is 32.7 Å². The number of benzene rings is 1. The molecule has 0 bridgehead atoms. The Balaban J connectivity index is 0.00000288. The summed E-state index contributed by atoms with van der Waals surface area (Å²) in [6.45, 7) is 6.44. The lowest BCUT2D eigenvalue weighted by Crippen LogP contribution is -2.45. The topological polar surface area (TPSA) is 43.8 Å². The lowest BCUT2D eigenvalue weighted by atomic mass is 10.0. The SMILES string of the molecule is CCN1CCN(Cc2ccc(CC(=O)O)cc2C(F)(F)F)CC1.Cl. The van der Waals surface area contributed by atoms with Crippen molar-refractivity contribution in [1.29, 1.82) is 0 Å². The number of alkyl halides is 3. The number of nitrogens with zero attached hydrogens (tertiary/aromatic N) is 2. The van der Waals surface area contributed by atoms with Crippen molar-refractivity contribution in [2.24, 2.45) is 0 Å². The van der Waals surface area contributed by atoms with Gasteiger partial charge in [-0.05, 0) is 23.7 Å². The van der Waals surface area contributed by atoms with Crippen molar-refractivity contribution in [3.8, 4) is 0 Å². The fourth-order valence-corrected chi connectivity index (χ4v) is 2.81. The summed E-state index contributed by atoms with van der Waals surface area (Å²) < 4.78 is 39.8. The summed E-state index contributed by atoms with van der Waals surface area (Å²) in [6, 6.07) is 3.85. The largest absolute Gasteiger partial charge is 0.481 e. The second-order valence-electron chi connectivity index (χ2n) is 5.77. The Bertz CT molecular complexity index is 559. The van der Waals surface area contributed by atoms with Crippen LogP contribution in [-0.2, 0) is 23.9 Å². The average Bonchev–Trinajstić information content (AvgIpc) is 2.48. The van der Waals surface area contributed by atoms with Gasteiger partial charge in [-0.2, -0.15) is 13.2 Å². The van der Waals surface area contributed by atoms with E-state index in [0.29, 0.717) is 0 Å². The van der Waals surface area contributed by atoms with Crippen LogP contribution in [-0.4, -0.2) is 53.6 Å². The van der Waals surface area contributed by atoms with Gasteiger partial charge in [0.25, 0.3) is 0 Å². The number of piperazine rings is 1.